The molecule has 0 radical (unpaired) electrons. The van der Waals surface area contributed by atoms with Crippen LogP contribution in [0.4, 0.5) is 4.39 Å². The maximum atomic E-state index is 13.8. The van der Waals surface area contributed by atoms with Crippen molar-refractivity contribution >= 4 is 28.0 Å². The molecule has 3 heterocycles. The number of thiazole rings is 1. The fourth-order valence-corrected chi connectivity index (χ4v) is 3.64. The Balaban J connectivity index is 1.66. The number of Topliss-reactive ketones (excluding diaryl/α,β-unsaturated/α-hetero) is 1. The molecule has 0 saturated heterocycles. The van der Waals surface area contributed by atoms with Gasteiger partial charge in [0.25, 0.3) is 0 Å². The van der Waals surface area contributed by atoms with E-state index in [9.17, 15) is 9.18 Å². The van der Waals surface area contributed by atoms with E-state index < -0.39 is 0 Å². The van der Waals surface area contributed by atoms with Crippen LogP contribution >= 0.6 is 11.3 Å². The predicted molar refractivity (Wildman–Crippen MR) is 100.0 cm³/mol. The molecule has 0 amide bonds. The topological polar surface area (TPSA) is 47.8 Å². The summed E-state index contributed by atoms with van der Waals surface area (Å²) in [6.07, 6.45) is 6.24. The first-order valence-electron chi connectivity index (χ1n) is 8.30. The van der Waals surface area contributed by atoms with E-state index >= 15 is 0 Å². The molecule has 6 heteroatoms. The van der Waals surface area contributed by atoms with Gasteiger partial charge in [0, 0.05) is 53.6 Å². The number of fused-ring (bicyclic) bond motifs is 1. The van der Waals surface area contributed by atoms with Crippen LogP contribution in [-0.4, -0.2) is 20.3 Å². The number of hydrogen-bond donors (Lipinski definition) is 0. The standard InChI is InChI=1S/C20H16FN3OS/c21-14-4-5-16-17(19(25)12-20-23-8-10-26-20)13-24(18(16)11-14)9-6-15-3-1-2-7-22-15/h1-5,7-8,10-11,13H,6,9,12H2. The van der Waals surface area contributed by atoms with Crippen molar-refractivity contribution in [2.45, 2.75) is 19.4 Å². The highest BCUT2D eigenvalue weighted by molar-refractivity contribution is 7.09. The van der Waals surface area contributed by atoms with Crippen molar-refractivity contribution in [2.75, 3.05) is 0 Å². The van der Waals surface area contributed by atoms with Gasteiger partial charge >= 0.3 is 0 Å². The van der Waals surface area contributed by atoms with Gasteiger partial charge in [0.2, 0.25) is 0 Å². The molecular weight excluding hydrogens is 349 g/mol. The first kappa shape index (κ1) is 16.6. The Kier molecular flexibility index (Phi) is 4.58. The number of hydrogen-bond acceptors (Lipinski definition) is 4. The molecule has 0 saturated carbocycles. The van der Waals surface area contributed by atoms with Crippen molar-refractivity contribution in [3.8, 4) is 0 Å². The summed E-state index contributed by atoms with van der Waals surface area (Å²) in [6.45, 7) is 0.626. The molecule has 0 aliphatic heterocycles. The minimum absolute atomic E-state index is 0.00635. The molecular formula is C20H16FN3OS. The lowest BCUT2D eigenvalue weighted by Crippen LogP contribution is -2.04. The summed E-state index contributed by atoms with van der Waals surface area (Å²) in [5.41, 5.74) is 2.29. The Morgan fingerprint density at radius 1 is 1.15 bits per heavy atom. The number of aromatic nitrogens is 3. The van der Waals surface area contributed by atoms with Crippen LogP contribution in [0.2, 0.25) is 0 Å². The number of carbonyl (C=O) groups is 1. The van der Waals surface area contributed by atoms with E-state index in [1.165, 1.54) is 23.5 Å². The van der Waals surface area contributed by atoms with E-state index in [0.29, 0.717) is 18.5 Å². The Morgan fingerprint density at radius 2 is 2.08 bits per heavy atom. The molecule has 130 valence electrons. The van der Waals surface area contributed by atoms with Gasteiger partial charge < -0.3 is 4.57 Å². The van der Waals surface area contributed by atoms with Gasteiger partial charge in [0.1, 0.15) is 10.8 Å². The van der Waals surface area contributed by atoms with E-state index in [0.717, 1.165) is 21.6 Å². The summed E-state index contributed by atoms with van der Waals surface area (Å²) in [4.78, 5) is 21.2. The number of ketones is 1. The van der Waals surface area contributed by atoms with Crippen LogP contribution in [0.3, 0.4) is 0 Å². The Hall–Kier alpha value is -2.86. The fraction of sp³-hybridized carbons (Fsp3) is 0.150. The van der Waals surface area contributed by atoms with Gasteiger partial charge in [0.15, 0.2) is 5.78 Å². The van der Waals surface area contributed by atoms with Gasteiger partial charge in [-0.25, -0.2) is 9.37 Å². The van der Waals surface area contributed by atoms with Crippen molar-refractivity contribution in [3.63, 3.8) is 0 Å². The lowest BCUT2D eigenvalue weighted by Gasteiger charge is -2.05. The molecule has 26 heavy (non-hydrogen) atoms. The van der Waals surface area contributed by atoms with Gasteiger partial charge in [-0.3, -0.25) is 9.78 Å². The monoisotopic (exact) mass is 365 g/mol. The van der Waals surface area contributed by atoms with E-state index in [1.807, 2.05) is 34.3 Å². The van der Waals surface area contributed by atoms with E-state index in [1.54, 1.807) is 18.5 Å². The number of rotatable bonds is 6. The second kappa shape index (κ2) is 7.17. The Bertz CT molecular complexity index is 1040. The summed E-state index contributed by atoms with van der Waals surface area (Å²) >= 11 is 1.46. The minimum Gasteiger partial charge on any atom is -0.346 e. The molecule has 0 unspecified atom stereocenters. The second-order valence-corrected chi connectivity index (χ2v) is 6.97. The van der Waals surface area contributed by atoms with Gasteiger partial charge in [-0.15, -0.1) is 11.3 Å². The Morgan fingerprint density at radius 3 is 2.85 bits per heavy atom. The van der Waals surface area contributed by atoms with Crippen LogP contribution in [0.1, 0.15) is 21.1 Å². The summed E-state index contributed by atoms with van der Waals surface area (Å²) in [7, 11) is 0. The molecule has 0 N–H and O–H groups in total. The highest BCUT2D eigenvalue weighted by atomic mass is 32.1. The second-order valence-electron chi connectivity index (χ2n) is 5.99. The molecule has 0 fully saturated rings. The van der Waals surface area contributed by atoms with E-state index in [-0.39, 0.29) is 18.0 Å². The van der Waals surface area contributed by atoms with Crippen molar-refractivity contribution in [1.82, 2.24) is 14.5 Å². The van der Waals surface area contributed by atoms with Gasteiger partial charge in [0.05, 0.1) is 11.9 Å². The molecule has 3 aromatic heterocycles. The van der Waals surface area contributed by atoms with Crippen molar-refractivity contribution in [1.29, 1.82) is 0 Å². The molecule has 4 nitrogen and oxygen atoms in total. The van der Waals surface area contributed by atoms with Gasteiger partial charge in [-0.1, -0.05) is 6.07 Å². The van der Waals surface area contributed by atoms with E-state index in [4.69, 9.17) is 0 Å². The third-order valence-corrected chi connectivity index (χ3v) is 5.05. The maximum Gasteiger partial charge on any atom is 0.171 e. The quantitative estimate of drug-likeness (QED) is 0.479. The number of pyridine rings is 1. The first-order valence-corrected chi connectivity index (χ1v) is 9.18. The molecule has 4 aromatic rings. The summed E-state index contributed by atoms with van der Waals surface area (Å²) < 4.78 is 15.7. The average Bonchev–Trinajstić information content (AvgIpc) is 3.28. The average molecular weight is 365 g/mol. The van der Waals surface area contributed by atoms with Crippen LogP contribution in [-0.2, 0) is 19.4 Å². The van der Waals surface area contributed by atoms with Crippen LogP contribution in [0.15, 0.2) is 60.4 Å². The smallest absolute Gasteiger partial charge is 0.171 e. The lowest BCUT2D eigenvalue weighted by molar-refractivity contribution is 0.0994. The van der Waals surface area contributed by atoms with Crippen molar-refractivity contribution in [3.05, 3.63) is 82.5 Å². The maximum absolute atomic E-state index is 13.8. The van der Waals surface area contributed by atoms with Crippen LogP contribution in [0, 0.1) is 5.82 Å². The molecule has 0 aliphatic rings. The predicted octanol–water partition coefficient (Wildman–Crippen LogP) is 4.30. The van der Waals surface area contributed by atoms with Gasteiger partial charge in [-0.2, -0.15) is 0 Å². The normalized spacial score (nSPS) is 11.1. The van der Waals surface area contributed by atoms with Crippen LogP contribution in [0.25, 0.3) is 10.9 Å². The molecule has 0 spiro atoms. The first-order chi connectivity index (χ1) is 12.7. The summed E-state index contributed by atoms with van der Waals surface area (Å²) in [5, 5.41) is 3.41. The molecule has 0 bridgehead atoms. The lowest BCUT2D eigenvalue weighted by atomic mass is 10.1. The zero-order valence-corrected chi connectivity index (χ0v) is 14.7. The SMILES string of the molecule is O=C(Cc1nccs1)c1cn(CCc2ccccn2)c2cc(F)ccc12. The molecule has 1 aromatic carbocycles. The molecule has 0 atom stereocenters. The fourth-order valence-electron chi connectivity index (χ4n) is 3.03. The summed E-state index contributed by atoms with van der Waals surface area (Å²) in [6, 6.07) is 10.3. The minimum atomic E-state index is -0.311. The van der Waals surface area contributed by atoms with Crippen LogP contribution in [0.5, 0.6) is 0 Å². The third kappa shape index (κ3) is 3.41. The number of carbonyl (C=O) groups excluding carboxylic acids is 1. The highest BCUT2D eigenvalue weighted by Crippen LogP contribution is 2.24. The Labute approximate surface area is 154 Å². The van der Waals surface area contributed by atoms with Crippen molar-refractivity contribution in [2.24, 2.45) is 0 Å². The highest BCUT2D eigenvalue weighted by Gasteiger charge is 2.17. The van der Waals surface area contributed by atoms with E-state index in [2.05, 4.69) is 9.97 Å². The molecule has 0 aliphatic carbocycles. The molecule has 4 rings (SSSR count). The zero-order chi connectivity index (χ0) is 17.9. The number of halogens is 1. The third-order valence-electron chi connectivity index (χ3n) is 4.27. The number of benzene rings is 1. The number of nitrogens with zero attached hydrogens (tertiary/aromatic N) is 3. The number of aryl methyl sites for hydroxylation is 2. The van der Waals surface area contributed by atoms with Crippen molar-refractivity contribution < 1.29 is 9.18 Å². The van der Waals surface area contributed by atoms with Gasteiger partial charge in [-0.05, 0) is 30.3 Å². The zero-order valence-electron chi connectivity index (χ0n) is 13.9. The summed E-state index contributed by atoms with van der Waals surface area (Å²) in [5.74, 6) is -0.318. The largest absolute Gasteiger partial charge is 0.346 e. The van der Waals surface area contributed by atoms with Crippen LogP contribution < -0.4 is 0 Å².